The number of benzene rings is 1. The van der Waals surface area contributed by atoms with Crippen LogP contribution < -0.4 is 14.8 Å². The Labute approximate surface area is 156 Å². The zero-order chi connectivity index (χ0) is 17.7. The quantitative estimate of drug-likeness (QED) is 0.715. The molecular formula is C20H21N3O2S. The van der Waals surface area contributed by atoms with Crippen LogP contribution in [0.2, 0.25) is 0 Å². The first-order valence-electron chi connectivity index (χ1n) is 9.13. The number of ether oxygens (including phenoxy) is 2. The Hall–Kier alpha value is -2.34. The summed E-state index contributed by atoms with van der Waals surface area (Å²) in [5.41, 5.74) is 2.39. The molecule has 3 heterocycles. The van der Waals surface area contributed by atoms with Crippen molar-refractivity contribution in [1.29, 1.82) is 0 Å². The summed E-state index contributed by atoms with van der Waals surface area (Å²) in [5.74, 6) is 4.02. The lowest BCUT2D eigenvalue weighted by atomic mass is 9.89. The fourth-order valence-corrected chi connectivity index (χ4v) is 5.23. The van der Waals surface area contributed by atoms with E-state index in [0.29, 0.717) is 13.2 Å². The highest BCUT2D eigenvalue weighted by Crippen LogP contribution is 2.41. The molecule has 134 valence electrons. The molecule has 5 nitrogen and oxygen atoms in total. The standard InChI is InChI=1S/C20H21N3O2S/c1-11-3-5-14-17(9-11)26-20-18(14)19(21-12(2)22-20)23-13-4-6-15-16(10-13)25-8-7-24-15/h4,6,10-11H,3,5,7-9H2,1-2H3,(H,21,22,23). The van der Waals surface area contributed by atoms with E-state index in [1.807, 2.05) is 36.5 Å². The Balaban J connectivity index is 1.58. The fourth-order valence-electron chi connectivity index (χ4n) is 3.80. The van der Waals surface area contributed by atoms with Gasteiger partial charge in [-0.15, -0.1) is 11.3 Å². The first-order valence-corrected chi connectivity index (χ1v) is 9.94. The number of nitrogens with zero attached hydrogens (tertiary/aromatic N) is 2. The molecule has 5 rings (SSSR count). The molecule has 1 unspecified atom stereocenters. The van der Waals surface area contributed by atoms with Crippen LogP contribution >= 0.6 is 11.3 Å². The van der Waals surface area contributed by atoms with Crippen molar-refractivity contribution in [3.05, 3.63) is 34.5 Å². The predicted octanol–water partition coefficient (Wildman–Crippen LogP) is 4.64. The molecular weight excluding hydrogens is 346 g/mol. The van der Waals surface area contributed by atoms with E-state index in [0.717, 1.165) is 52.4 Å². The number of aromatic nitrogens is 2. The zero-order valence-electron chi connectivity index (χ0n) is 15.0. The average molecular weight is 367 g/mol. The van der Waals surface area contributed by atoms with Crippen LogP contribution in [-0.2, 0) is 12.8 Å². The molecule has 1 aliphatic heterocycles. The maximum atomic E-state index is 5.70. The van der Waals surface area contributed by atoms with E-state index in [4.69, 9.17) is 19.4 Å². The Kier molecular flexibility index (Phi) is 3.74. The third kappa shape index (κ3) is 2.69. The number of hydrogen-bond acceptors (Lipinski definition) is 6. The van der Waals surface area contributed by atoms with Crippen molar-refractivity contribution in [2.75, 3.05) is 18.5 Å². The maximum Gasteiger partial charge on any atom is 0.163 e. The van der Waals surface area contributed by atoms with Gasteiger partial charge in [-0.3, -0.25) is 0 Å². The Morgan fingerprint density at radius 1 is 1.15 bits per heavy atom. The molecule has 0 spiro atoms. The van der Waals surface area contributed by atoms with Crippen LogP contribution in [0.1, 0.15) is 29.6 Å². The second-order valence-corrected chi connectivity index (χ2v) is 8.22. The summed E-state index contributed by atoms with van der Waals surface area (Å²) in [6.07, 6.45) is 3.49. The van der Waals surface area contributed by atoms with E-state index < -0.39 is 0 Å². The van der Waals surface area contributed by atoms with Gasteiger partial charge < -0.3 is 14.8 Å². The Bertz CT molecular complexity index is 998. The number of fused-ring (bicyclic) bond motifs is 4. The number of thiophene rings is 1. The van der Waals surface area contributed by atoms with Gasteiger partial charge in [0.05, 0.1) is 5.39 Å². The highest BCUT2D eigenvalue weighted by molar-refractivity contribution is 7.19. The first kappa shape index (κ1) is 15.9. The summed E-state index contributed by atoms with van der Waals surface area (Å²) >= 11 is 1.83. The number of nitrogens with one attached hydrogen (secondary N) is 1. The minimum absolute atomic E-state index is 0.587. The maximum absolute atomic E-state index is 5.70. The van der Waals surface area contributed by atoms with E-state index in [2.05, 4.69) is 12.2 Å². The lowest BCUT2D eigenvalue weighted by Crippen LogP contribution is -2.15. The smallest absolute Gasteiger partial charge is 0.163 e. The topological polar surface area (TPSA) is 56.3 Å². The summed E-state index contributed by atoms with van der Waals surface area (Å²) in [6.45, 7) is 5.48. The van der Waals surface area contributed by atoms with Gasteiger partial charge in [0.15, 0.2) is 11.5 Å². The molecule has 1 aromatic carbocycles. The van der Waals surface area contributed by atoms with Crippen LogP contribution in [0.3, 0.4) is 0 Å². The van der Waals surface area contributed by atoms with E-state index >= 15 is 0 Å². The van der Waals surface area contributed by atoms with Crippen LogP contribution in [0, 0.1) is 12.8 Å². The van der Waals surface area contributed by atoms with Gasteiger partial charge in [-0.05, 0) is 49.8 Å². The van der Waals surface area contributed by atoms with Crippen LogP contribution in [0.4, 0.5) is 11.5 Å². The molecule has 1 aliphatic carbocycles. The molecule has 6 heteroatoms. The highest BCUT2D eigenvalue weighted by Gasteiger charge is 2.24. The Morgan fingerprint density at radius 3 is 2.88 bits per heavy atom. The largest absolute Gasteiger partial charge is 0.486 e. The van der Waals surface area contributed by atoms with Crippen molar-refractivity contribution >= 4 is 33.1 Å². The van der Waals surface area contributed by atoms with Gasteiger partial charge in [-0.2, -0.15) is 0 Å². The third-order valence-electron chi connectivity index (χ3n) is 5.07. The highest BCUT2D eigenvalue weighted by atomic mass is 32.1. The van der Waals surface area contributed by atoms with Crippen molar-refractivity contribution in [2.24, 2.45) is 5.92 Å². The molecule has 1 atom stereocenters. The summed E-state index contributed by atoms with van der Waals surface area (Å²) in [4.78, 5) is 12.0. The molecule has 0 fully saturated rings. The lowest BCUT2D eigenvalue weighted by molar-refractivity contribution is 0.171. The van der Waals surface area contributed by atoms with Gasteiger partial charge in [-0.25, -0.2) is 9.97 Å². The number of aryl methyl sites for hydroxylation is 2. The van der Waals surface area contributed by atoms with E-state index in [-0.39, 0.29) is 0 Å². The number of anilines is 2. The average Bonchev–Trinajstić information content (AvgIpc) is 2.98. The number of rotatable bonds is 2. The molecule has 3 aromatic rings. The second-order valence-electron chi connectivity index (χ2n) is 7.13. The molecule has 0 amide bonds. The van der Waals surface area contributed by atoms with Gasteiger partial charge >= 0.3 is 0 Å². The summed E-state index contributed by atoms with van der Waals surface area (Å²) in [7, 11) is 0. The van der Waals surface area contributed by atoms with Gasteiger partial charge in [0.25, 0.3) is 0 Å². The normalized spacial score (nSPS) is 18.6. The summed E-state index contributed by atoms with van der Waals surface area (Å²) in [6, 6.07) is 5.95. The van der Waals surface area contributed by atoms with Gasteiger partial charge in [0.1, 0.15) is 29.7 Å². The molecule has 0 bridgehead atoms. The van der Waals surface area contributed by atoms with E-state index in [1.54, 1.807) is 0 Å². The van der Waals surface area contributed by atoms with E-state index in [1.165, 1.54) is 22.2 Å². The van der Waals surface area contributed by atoms with Crippen molar-refractivity contribution < 1.29 is 9.47 Å². The minimum atomic E-state index is 0.587. The van der Waals surface area contributed by atoms with Crippen LogP contribution in [-0.4, -0.2) is 23.2 Å². The Morgan fingerprint density at radius 2 is 2.00 bits per heavy atom. The first-order chi connectivity index (χ1) is 12.7. The SMILES string of the molecule is Cc1nc(Nc2ccc3c(c2)OCCO3)c2c3c(sc2n1)CC(C)CC3. The van der Waals surface area contributed by atoms with E-state index in [9.17, 15) is 0 Å². The minimum Gasteiger partial charge on any atom is -0.486 e. The lowest BCUT2D eigenvalue weighted by Gasteiger charge is -2.20. The van der Waals surface area contributed by atoms with Crippen LogP contribution in [0.25, 0.3) is 10.2 Å². The summed E-state index contributed by atoms with van der Waals surface area (Å²) < 4.78 is 11.3. The predicted molar refractivity (Wildman–Crippen MR) is 104 cm³/mol. The van der Waals surface area contributed by atoms with Crippen LogP contribution in [0.15, 0.2) is 18.2 Å². The van der Waals surface area contributed by atoms with Gasteiger partial charge in [0.2, 0.25) is 0 Å². The molecule has 26 heavy (non-hydrogen) atoms. The van der Waals surface area contributed by atoms with Crippen LogP contribution in [0.5, 0.6) is 11.5 Å². The van der Waals surface area contributed by atoms with Crippen molar-refractivity contribution in [3.63, 3.8) is 0 Å². The second kappa shape index (κ2) is 6.13. The van der Waals surface area contributed by atoms with Gasteiger partial charge in [0, 0.05) is 16.6 Å². The monoisotopic (exact) mass is 367 g/mol. The molecule has 0 saturated carbocycles. The zero-order valence-corrected chi connectivity index (χ0v) is 15.8. The molecule has 1 N–H and O–H groups in total. The number of hydrogen-bond donors (Lipinski definition) is 1. The van der Waals surface area contributed by atoms with Crippen molar-refractivity contribution in [1.82, 2.24) is 9.97 Å². The summed E-state index contributed by atoms with van der Waals surface area (Å²) in [5, 5.41) is 4.70. The van der Waals surface area contributed by atoms with Crippen molar-refractivity contribution in [3.8, 4) is 11.5 Å². The molecule has 2 aliphatic rings. The molecule has 0 saturated heterocycles. The molecule has 0 radical (unpaired) electrons. The molecule has 2 aromatic heterocycles. The van der Waals surface area contributed by atoms with Crippen molar-refractivity contribution in [2.45, 2.75) is 33.1 Å². The fraction of sp³-hybridized carbons (Fsp3) is 0.400. The third-order valence-corrected chi connectivity index (χ3v) is 6.22. The van der Waals surface area contributed by atoms with Gasteiger partial charge in [-0.1, -0.05) is 6.92 Å².